The monoisotopic (exact) mass is 296 g/mol. The third-order valence-electron chi connectivity index (χ3n) is 2.85. The summed E-state index contributed by atoms with van der Waals surface area (Å²) in [6.07, 6.45) is 0. The van der Waals surface area contributed by atoms with Crippen molar-refractivity contribution in [2.45, 2.75) is 0 Å². The zero-order valence-electron chi connectivity index (χ0n) is 10.9. The lowest BCUT2D eigenvalue weighted by Crippen LogP contribution is -1.97. The highest BCUT2D eigenvalue weighted by Gasteiger charge is 2.16. The van der Waals surface area contributed by atoms with Crippen LogP contribution in [0.3, 0.4) is 0 Å². The van der Waals surface area contributed by atoms with E-state index < -0.39 is 29.0 Å². The van der Waals surface area contributed by atoms with Gasteiger partial charge in [-0.1, -0.05) is 0 Å². The maximum absolute atomic E-state index is 13.1. The van der Waals surface area contributed by atoms with Crippen LogP contribution in [0, 0.1) is 17.5 Å². The molecule has 2 aromatic rings. The molecule has 0 radical (unpaired) electrons. The summed E-state index contributed by atoms with van der Waals surface area (Å²) >= 11 is 0. The van der Waals surface area contributed by atoms with Gasteiger partial charge in [0.15, 0.2) is 29.0 Å². The predicted octanol–water partition coefficient (Wildman–Crippen LogP) is 4.05. The first-order valence-corrected chi connectivity index (χ1v) is 5.85. The highest BCUT2D eigenvalue weighted by molar-refractivity contribution is 5.82. The minimum Gasteiger partial charge on any atom is -0.504 e. The fourth-order valence-electron chi connectivity index (χ4n) is 1.71. The van der Waals surface area contributed by atoms with Gasteiger partial charge in [0.1, 0.15) is 5.75 Å². The number of aliphatic hydroxyl groups excluding tert-OH is 2. The van der Waals surface area contributed by atoms with E-state index >= 15 is 0 Å². The SMILES string of the molecule is COc1ccc(/C(O)=C(/O)c2cc(F)c(F)c(F)c2)cc1. The van der Waals surface area contributed by atoms with E-state index in [0.717, 1.165) is 0 Å². The first-order chi connectivity index (χ1) is 9.93. The fraction of sp³-hybridized carbons (Fsp3) is 0.0667. The molecule has 0 bridgehead atoms. The molecule has 0 aliphatic carbocycles. The summed E-state index contributed by atoms with van der Waals surface area (Å²) in [5.41, 5.74) is -0.168. The number of rotatable bonds is 3. The van der Waals surface area contributed by atoms with Gasteiger partial charge in [0.2, 0.25) is 0 Å². The summed E-state index contributed by atoms with van der Waals surface area (Å²) in [7, 11) is 1.46. The van der Waals surface area contributed by atoms with Crippen molar-refractivity contribution >= 4 is 11.5 Å². The molecule has 0 aromatic heterocycles. The molecule has 0 heterocycles. The van der Waals surface area contributed by atoms with Crippen LogP contribution in [0.25, 0.3) is 11.5 Å². The molecule has 0 saturated heterocycles. The predicted molar refractivity (Wildman–Crippen MR) is 71.4 cm³/mol. The molecule has 0 fully saturated rings. The largest absolute Gasteiger partial charge is 0.504 e. The zero-order chi connectivity index (χ0) is 15.6. The molecule has 6 heteroatoms. The first kappa shape index (κ1) is 14.8. The number of halogens is 3. The summed E-state index contributed by atoms with van der Waals surface area (Å²) in [5, 5.41) is 19.8. The number of aliphatic hydroxyl groups is 2. The van der Waals surface area contributed by atoms with Crippen LogP contribution in [0.4, 0.5) is 13.2 Å². The van der Waals surface area contributed by atoms with Crippen LogP contribution in [-0.2, 0) is 0 Å². The Bertz CT molecular complexity index is 671. The number of ether oxygens (including phenoxy) is 1. The van der Waals surface area contributed by atoms with Gasteiger partial charge in [0.25, 0.3) is 0 Å². The van der Waals surface area contributed by atoms with Crippen LogP contribution in [0.2, 0.25) is 0 Å². The molecular formula is C15H11F3O3. The molecule has 0 saturated carbocycles. The van der Waals surface area contributed by atoms with Gasteiger partial charge in [0, 0.05) is 11.1 Å². The lowest BCUT2D eigenvalue weighted by molar-refractivity contribution is 0.414. The second-order valence-corrected chi connectivity index (χ2v) is 4.18. The van der Waals surface area contributed by atoms with Gasteiger partial charge >= 0.3 is 0 Å². The Kier molecular flexibility index (Phi) is 4.07. The maximum Gasteiger partial charge on any atom is 0.194 e. The van der Waals surface area contributed by atoms with E-state index in [9.17, 15) is 23.4 Å². The number of benzene rings is 2. The molecule has 0 atom stereocenters. The van der Waals surface area contributed by atoms with Gasteiger partial charge in [-0.25, -0.2) is 13.2 Å². The van der Waals surface area contributed by atoms with E-state index in [1.807, 2.05) is 0 Å². The van der Waals surface area contributed by atoms with E-state index in [4.69, 9.17) is 4.74 Å². The van der Waals surface area contributed by atoms with E-state index in [-0.39, 0.29) is 11.1 Å². The van der Waals surface area contributed by atoms with Crippen molar-refractivity contribution in [3.05, 3.63) is 65.0 Å². The van der Waals surface area contributed by atoms with E-state index in [2.05, 4.69) is 0 Å². The second-order valence-electron chi connectivity index (χ2n) is 4.18. The Balaban J connectivity index is 2.46. The van der Waals surface area contributed by atoms with E-state index in [1.54, 1.807) is 0 Å². The highest BCUT2D eigenvalue weighted by Crippen LogP contribution is 2.26. The van der Waals surface area contributed by atoms with Gasteiger partial charge in [0.05, 0.1) is 7.11 Å². The second kappa shape index (κ2) is 5.78. The molecule has 0 spiro atoms. The highest BCUT2D eigenvalue weighted by atomic mass is 19.2. The lowest BCUT2D eigenvalue weighted by Gasteiger charge is -2.07. The first-order valence-electron chi connectivity index (χ1n) is 5.85. The van der Waals surface area contributed by atoms with Crippen LogP contribution < -0.4 is 4.74 Å². The number of hydrogen-bond donors (Lipinski definition) is 2. The minimum atomic E-state index is -1.64. The average molecular weight is 296 g/mol. The molecule has 110 valence electrons. The summed E-state index contributed by atoms with van der Waals surface area (Å²) in [5.74, 6) is -5.39. The molecule has 2 aromatic carbocycles. The van der Waals surface area contributed by atoms with Crippen molar-refractivity contribution in [2.75, 3.05) is 7.11 Å². The summed E-state index contributed by atoms with van der Waals surface area (Å²) < 4.78 is 44.0. The maximum atomic E-state index is 13.1. The van der Waals surface area contributed by atoms with Crippen molar-refractivity contribution in [1.82, 2.24) is 0 Å². The van der Waals surface area contributed by atoms with Gasteiger partial charge in [-0.05, 0) is 36.4 Å². The molecule has 0 amide bonds. The number of hydrogen-bond acceptors (Lipinski definition) is 3. The molecule has 2 rings (SSSR count). The Morgan fingerprint density at radius 3 is 1.81 bits per heavy atom. The normalized spacial score (nSPS) is 12.0. The zero-order valence-corrected chi connectivity index (χ0v) is 10.9. The Morgan fingerprint density at radius 2 is 1.33 bits per heavy atom. The van der Waals surface area contributed by atoms with E-state index in [0.29, 0.717) is 17.9 Å². The molecule has 2 N–H and O–H groups in total. The molecule has 0 unspecified atom stereocenters. The van der Waals surface area contributed by atoms with Gasteiger partial charge in [-0.2, -0.15) is 0 Å². The van der Waals surface area contributed by atoms with Crippen LogP contribution >= 0.6 is 0 Å². The Morgan fingerprint density at radius 1 is 0.857 bits per heavy atom. The quantitative estimate of drug-likeness (QED) is 0.510. The minimum absolute atomic E-state index is 0.207. The average Bonchev–Trinajstić information content (AvgIpc) is 2.50. The summed E-state index contributed by atoms with van der Waals surface area (Å²) in [6, 6.07) is 7.14. The third-order valence-corrected chi connectivity index (χ3v) is 2.85. The molecule has 21 heavy (non-hydrogen) atoms. The Hall–Kier alpha value is -2.63. The van der Waals surface area contributed by atoms with Crippen molar-refractivity contribution in [3.8, 4) is 5.75 Å². The van der Waals surface area contributed by atoms with Crippen molar-refractivity contribution in [3.63, 3.8) is 0 Å². The summed E-state index contributed by atoms with van der Waals surface area (Å²) in [4.78, 5) is 0. The topological polar surface area (TPSA) is 49.7 Å². The molecule has 3 nitrogen and oxygen atoms in total. The lowest BCUT2D eigenvalue weighted by atomic mass is 10.1. The van der Waals surface area contributed by atoms with Gasteiger partial charge in [-0.15, -0.1) is 0 Å². The molecule has 0 aliphatic rings. The smallest absolute Gasteiger partial charge is 0.194 e. The van der Waals surface area contributed by atoms with Gasteiger partial charge < -0.3 is 14.9 Å². The van der Waals surface area contributed by atoms with Gasteiger partial charge in [-0.3, -0.25) is 0 Å². The third kappa shape index (κ3) is 2.94. The van der Waals surface area contributed by atoms with Crippen molar-refractivity contribution in [1.29, 1.82) is 0 Å². The Labute approximate surface area is 118 Å². The van der Waals surface area contributed by atoms with Crippen LogP contribution in [-0.4, -0.2) is 17.3 Å². The standard InChI is InChI=1S/C15H11F3O3/c1-21-10-4-2-8(3-5-10)14(19)15(20)9-6-11(16)13(18)12(17)7-9/h2-7,19-20H,1H3/b15-14-. The van der Waals surface area contributed by atoms with Crippen LogP contribution in [0.5, 0.6) is 5.75 Å². The molecular weight excluding hydrogens is 285 g/mol. The fourth-order valence-corrected chi connectivity index (χ4v) is 1.71. The van der Waals surface area contributed by atoms with Crippen molar-refractivity contribution < 1.29 is 28.1 Å². The van der Waals surface area contributed by atoms with Crippen molar-refractivity contribution in [2.24, 2.45) is 0 Å². The summed E-state index contributed by atoms with van der Waals surface area (Å²) in [6.45, 7) is 0. The van der Waals surface area contributed by atoms with Crippen LogP contribution in [0.1, 0.15) is 11.1 Å². The number of methoxy groups -OCH3 is 1. The van der Waals surface area contributed by atoms with E-state index in [1.165, 1.54) is 31.4 Å². The molecule has 0 aliphatic heterocycles. The van der Waals surface area contributed by atoms with Crippen LogP contribution in [0.15, 0.2) is 36.4 Å².